The molecule has 11 heteroatoms. The molecule has 3 aliphatic rings. The summed E-state index contributed by atoms with van der Waals surface area (Å²) in [7, 11) is 0. The zero-order valence-electron chi connectivity index (χ0n) is 25.9. The largest absolute Gasteiger partial charge is 0.369 e. The second-order valence-corrected chi connectivity index (χ2v) is 12.6. The van der Waals surface area contributed by atoms with Gasteiger partial charge in [-0.15, -0.1) is 0 Å². The van der Waals surface area contributed by atoms with Crippen molar-refractivity contribution in [2.24, 2.45) is 5.92 Å². The van der Waals surface area contributed by atoms with E-state index in [9.17, 15) is 24.4 Å². The first-order valence-corrected chi connectivity index (χ1v) is 15.4. The van der Waals surface area contributed by atoms with Crippen molar-refractivity contribution in [3.63, 3.8) is 0 Å². The number of nitrogens with zero attached hydrogens (tertiary/aromatic N) is 5. The van der Waals surface area contributed by atoms with Crippen LogP contribution in [-0.2, 0) is 26.5 Å². The van der Waals surface area contributed by atoms with Crippen molar-refractivity contribution >= 4 is 45.8 Å². The number of anilines is 2. The highest BCUT2D eigenvalue weighted by Crippen LogP contribution is 2.33. The van der Waals surface area contributed by atoms with Gasteiger partial charge in [-0.1, -0.05) is 36.1 Å². The van der Waals surface area contributed by atoms with Crippen molar-refractivity contribution in [3.8, 4) is 17.9 Å². The van der Waals surface area contributed by atoms with Crippen LogP contribution in [0.4, 0.5) is 11.4 Å². The molecule has 0 bridgehead atoms. The highest BCUT2D eigenvalue weighted by Gasteiger charge is 2.39. The molecular formula is C36H31N7O4. The molecule has 4 aromatic rings. The number of imide groups is 1. The number of nitrogens with one attached hydrogen (secondary N) is 2. The van der Waals surface area contributed by atoms with Crippen molar-refractivity contribution in [3.05, 3.63) is 89.2 Å². The summed E-state index contributed by atoms with van der Waals surface area (Å²) in [4.78, 5) is 54.1. The third-order valence-electron chi connectivity index (χ3n) is 9.18. The molecule has 1 atom stereocenters. The van der Waals surface area contributed by atoms with E-state index in [4.69, 9.17) is 0 Å². The molecule has 2 fully saturated rings. The van der Waals surface area contributed by atoms with Gasteiger partial charge in [0.2, 0.25) is 11.8 Å². The molecule has 4 heterocycles. The van der Waals surface area contributed by atoms with E-state index in [1.807, 2.05) is 42.5 Å². The highest BCUT2D eigenvalue weighted by atomic mass is 16.2. The van der Waals surface area contributed by atoms with Gasteiger partial charge in [-0.25, -0.2) is 0 Å². The van der Waals surface area contributed by atoms with Crippen molar-refractivity contribution in [2.45, 2.75) is 44.8 Å². The van der Waals surface area contributed by atoms with E-state index >= 15 is 0 Å². The fourth-order valence-corrected chi connectivity index (χ4v) is 6.30. The molecule has 2 N–H and O–H groups in total. The summed E-state index contributed by atoms with van der Waals surface area (Å²) in [5.74, 6) is 5.51. The number of fused-ring (bicyclic) bond motifs is 2. The lowest BCUT2D eigenvalue weighted by molar-refractivity contribution is -0.137. The van der Waals surface area contributed by atoms with Crippen molar-refractivity contribution in [1.82, 2.24) is 20.0 Å². The normalized spacial score (nSPS) is 17.8. The number of rotatable bonds is 5. The Morgan fingerprint density at radius 3 is 2.62 bits per heavy atom. The van der Waals surface area contributed by atoms with Gasteiger partial charge in [-0.2, -0.15) is 10.4 Å². The van der Waals surface area contributed by atoms with E-state index in [2.05, 4.69) is 38.5 Å². The second-order valence-electron chi connectivity index (χ2n) is 12.6. The Hall–Kier alpha value is -5.94. The third-order valence-corrected chi connectivity index (χ3v) is 9.18. The van der Waals surface area contributed by atoms with Crippen LogP contribution in [0.2, 0.25) is 0 Å². The van der Waals surface area contributed by atoms with Gasteiger partial charge in [-0.3, -0.25) is 29.2 Å². The predicted octanol–water partition coefficient (Wildman–Crippen LogP) is 3.53. The Morgan fingerprint density at radius 1 is 1.06 bits per heavy atom. The number of carbonyl (C=O) groups is 4. The molecular weight excluding hydrogens is 594 g/mol. The summed E-state index contributed by atoms with van der Waals surface area (Å²) in [6, 6.07) is 18.2. The Morgan fingerprint density at radius 2 is 1.85 bits per heavy atom. The summed E-state index contributed by atoms with van der Waals surface area (Å²) >= 11 is 0. The number of nitriles is 1. The van der Waals surface area contributed by atoms with Gasteiger partial charge in [0.05, 0.1) is 29.3 Å². The molecule has 7 rings (SSSR count). The summed E-state index contributed by atoms with van der Waals surface area (Å²) in [6.45, 7) is 5.38. The lowest BCUT2D eigenvalue weighted by Gasteiger charge is -2.38. The number of hydrogen-bond acceptors (Lipinski definition) is 7. The summed E-state index contributed by atoms with van der Waals surface area (Å²) < 4.78 is 1.61. The van der Waals surface area contributed by atoms with Crippen LogP contribution >= 0.6 is 0 Å². The van der Waals surface area contributed by atoms with Crippen LogP contribution in [0, 0.1) is 29.1 Å². The number of carbonyl (C=O) groups excluding carboxylic acids is 4. The summed E-state index contributed by atoms with van der Waals surface area (Å²) in [6.07, 6.45) is 3.99. The van der Waals surface area contributed by atoms with Crippen LogP contribution < -0.4 is 15.5 Å². The van der Waals surface area contributed by atoms with Gasteiger partial charge in [0.25, 0.3) is 11.8 Å². The average molecular weight is 626 g/mol. The van der Waals surface area contributed by atoms with Crippen LogP contribution in [0.3, 0.4) is 0 Å². The van der Waals surface area contributed by atoms with E-state index < -0.39 is 17.5 Å². The highest BCUT2D eigenvalue weighted by molar-refractivity contribution is 6.06. The Balaban J connectivity index is 0.973. The smallest absolute Gasteiger partial charge is 0.255 e. The molecule has 0 spiro atoms. The van der Waals surface area contributed by atoms with Crippen LogP contribution in [-0.4, -0.2) is 57.4 Å². The van der Waals surface area contributed by atoms with Crippen LogP contribution in [0.1, 0.15) is 53.7 Å². The van der Waals surface area contributed by atoms with E-state index in [1.165, 1.54) is 0 Å². The van der Waals surface area contributed by atoms with Crippen LogP contribution in [0.5, 0.6) is 0 Å². The Kier molecular flexibility index (Phi) is 7.25. The number of piperidine rings is 1. The van der Waals surface area contributed by atoms with E-state index in [0.717, 1.165) is 35.1 Å². The molecule has 0 saturated carbocycles. The average Bonchev–Trinajstić information content (AvgIpc) is 3.65. The second kappa shape index (κ2) is 11.5. The first-order chi connectivity index (χ1) is 22.6. The van der Waals surface area contributed by atoms with Gasteiger partial charge in [-0.05, 0) is 56.2 Å². The van der Waals surface area contributed by atoms with Crippen molar-refractivity contribution in [1.29, 1.82) is 5.26 Å². The SMILES string of the molecule is CC(C)(C(=O)Nc1ccc(C#N)c2ccccc12)n1cc(C#CC2CN(c3ccc4c(c3)CN(C3CCC(=O)NC3=O)C4=O)C2)cn1. The van der Waals surface area contributed by atoms with E-state index in [1.54, 1.807) is 48.0 Å². The molecule has 0 aliphatic carbocycles. The third kappa shape index (κ3) is 5.36. The minimum atomic E-state index is -1.01. The fourth-order valence-electron chi connectivity index (χ4n) is 6.30. The summed E-state index contributed by atoms with van der Waals surface area (Å²) in [5, 5.41) is 20.8. The maximum absolute atomic E-state index is 13.4. The molecule has 234 valence electrons. The maximum Gasteiger partial charge on any atom is 0.255 e. The molecule has 1 aromatic heterocycles. The van der Waals surface area contributed by atoms with Gasteiger partial charge in [0, 0.05) is 60.0 Å². The summed E-state index contributed by atoms with van der Waals surface area (Å²) in [5.41, 5.74) is 3.33. The minimum Gasteiger partial charge on any atom is -0.369 e. The molecule has 2 saturated heterocycles. The zero-order valence-corrected chi connectivity index (χ0v) is 25.9. The fraction of sp³-hybridized carbons (Fsp3) is 0.278. The van der Waals surface area contributed by atoms with Gasteiger partial charge >= 0.3 is 0 Å². The molecule has 4 amide bonds. The Bertz CT molecular complexity index is 2090. The molecule has 1 unspecified atom stereocenters. The van der Waals surface area contributed by atoms with Gasteiger partial charge in [0.1, 0.15) is 11.6 Å². The maximum atomic E-state index is 13.4. The Labute approximate surface area is 271 Å². The predicted molar refractivity (Wildman–Crippen MR) is 174 cm³/mol. The van der Waals surface area contributed by atoms with Gasteiger partial charge in [0.15, 0.2) is 0 Å². The minimum absolute atomic E-state index is 0.147. The van der Waals surface area contributed by atoms with Gasteiger partial charge < -0.3 is 15.1 Å². The number of benzene rings is 3. The quantitative estimate of drug-likeness (QED) is 0.255. The number of hydrogen-bond donors (Lipinski definition) is 2. The molecule has 47 heavy (non-hydrogen) atoms. The number of amides is 4. The first kappa shape index (κ1) is 29.8. The zero-order chi connectivity index (χ0) is 32.9. The van der Waals surface area contributed by atoms with Crippen LogP contribution in [0.15, 0.2) is 67.0 Å². The van der Waals surface area contributed by atoms with Crippen molar-refractivity contribution in [2.75, 3.05) is 23.3 Å². The standard InChI is InChI=1S/C36H31N7O4/c1-36(2,35(47)39-30-12-9-24(16-37)27-5-3-4-6-29(27)30)43-20-22(17-38-43)7-8-23-18-41(19-23)26-10-11-28-25(15-26)21-42(34(28)46)31-13-14-32(44)40-33(31)45/h3-6,9-12,15,17,20,23,31H,13-14,18-19,21H2,1-2H3,(H,39,47)(H,40,44,45). The molecule has 3 aliphatic heterocycles. The van der Waals surface area contributed by atoms with Crippen LogP contribution in [0.25, 0.3) is 10.8 Å². The monoisotopic (exact) mass is 625 g/mol. The lowest BCUT2D eigenvalue weighted by Crippen LogP contribution is -2.52. The number of aromatic nitrogens is 2. The molecule has 0 radical (unpaired) electrons. The topological polar surface area (TPSA) is 140 Å². The van der Waals surface area contributed by atoms with E-state index in [0.29, 0.717) is 35.3 Å². The lowest BCUT2D eigenvalue weighted by atomic mass is 9.98. The van der Waals surface area contributed by atoms with E-state index in [-0.39, 0.29) is 30.1 Å². The molecule has 11 nitrogen and oxygen atoms in total. The first-order valence-electron chi connectivity index (χ1n) is 15.4. The van der Waals surface area contributed by atoms with Crippen molar-refractivity contribution < 1.29 is 19.2 Å². The molecule has 3 aromatic carbocycles.